The lowest BCUT2D eigenvalue weighted by molar-refractivity contribution is 0.101. The first-order valence-electron chi connectivity index (χ1n) is 5.76. The fourth-order valence-corrected chi connectivity index (χ4v) is 2.10. The maximum absolute atomic E-state index is 12.2. The molecule has 0 bridgehead atoms. The van der Waals surface area contributed by atoms with Crippen molar-refractivity contribution in [3.8, 4) is 0 Å². The van der Waals surface area contributed by atoms with Gasteiger partial charge in [-0.2, -0.15) is 5.10 Å². The predicted octanol–water partition coefficient (Wildman–Crippen LogP) is 2.63. The number of anilines is 2. The highest BCUT2D eigenvalue weighted by Crippen LogP contribution is 2.22. The Bertz CT molecular complexity index is 648. The first-order valence-corrected chi connectivity index (χ1v) is 6.56. The van der Waals surface area contributed by atoms with E-state index in [1.807, 2.05) is 25.1 Å². The standard InChI is InChI=1S/C13H15BrN4O/c1-7-6-9(4-5-10(7)14)16-13(19)12-11(15)8(2)17-18(12)3/h4-6H,15H2,1-3H3,(H,16,19). The number of aryl methyl sites for hydroxylation is 3. The van der Waals surface area contributed by atoms with Gasteiger partial charge in [0, 0.05) is 17.2 Å². The van der Waals surface area contributed by atoms with Gasteiger partial charge < -0.3 is 11.1 Å². The summed E-state index contributed by atoms with van der Waals surface area (Å²) in [5.74, 6) is -0.262. The molecule has 5 nitrogen and oxygen atoms in total. The summed E-state index contributed by atoms with van der Waals surface area (Å²) >= 11 is 3.42. The van der Waals surface area contributed by atoms with Gasteiger partial charge in [-0.1, -0.05) is 15.9 Å². The molecule has 1 amide bonds. The molecule has 0 radical (unpaired) electrons. The third kappa shape index (κ3) is 2.63. The van der Waals surface area contributed by atoms with E-state index in [1.165, 1.54) is 4.68 Å². The topological polar surface area (TPSA) is 72.9 Å². The molecule has 1 aromatic heterocycles. The van der Waals surface area contributed by atoms with Crippen molar-refractivity contribution >= 4 is 33.2 Å². The third-order valence-corrected chi connectivity index (χ3v) is 3.79. The molecule has 0 atom stereocenters. The maximum Gasteiger partial charge on any atom is 0.276 e. The number of carbonyl (C=O) groups excluding carboxylic acids is 1. The van der Waals surface area contributed by atoms with Crippen LogP contribution >= 0.6 is 15.9 Å². The van der Waals surface area contributed by atoms with E-state index >= 15 is 0 Å². The van der Waals surface area contributed by atoms with Gasteiger partial charge in [-0.15, -0.1) is 0 Å². The molecule has 0 fully saturated rings. The summed E-state index contributed by atoms with van der Waals surface area (Å²) in [6.07, 6.45) is 0. The highest BCUT2D eigenvalue weighted by Gasteiger charge is 2.18. The summed E-state index contributed by atoms with van der Waals surface area (Å²) in [5, 5.41) is 6.95. The molecule has 1 heterocycles. The predicted molar refractivity (Wildman–Crippen MR) is 79.2 cm³/mol. The van der Waals surface area contributed by atoms with Gasteiger partial charge in [-0.25, -0.2) is 0 Å². The van der Waals surface area contributed by atoms with Gasteiger partial charge in [0.25, 0.3) is 5.91 Å². The SMILES string of the molecule is Cc1cc(NC(=O)c2c(N)c(C)nn2C)ccc1Br. The molecule has 0 aliphatic rings. The maximum atomic E-state index is 12.2. The van der Waals surface area contributed by atoms with E-state index in [-0.39, 0.29) is 5.91 Å². The van der Waals surface area contributed by atoms with Gasteiger partial charge in [0.15, 0.2) is 0 Å². The number of nitrogen functional groups attached to an aromatic ring is 1. The van der Waals surface area contributed by atoms with Crippen molar-refractivity contribution in [2.45, 2.75) is 13.8 Å². The lowest BCUT2D eigenvalue weighted by Gasteiger charge is -2.08. The summed E-state index contributed by atoms with van der Waals surface area (Å²) in [5.41, 5.74) is 9.07. The van der Waals surface area contributed by atoms with Crippen LogP contribution in [0.3, 0.4) is 0 Å². The first-order chi connectivity index (χ1) is 8.90. The molecule has 6 heteroatoms. The molecule has 100 valence electrons. The second-order valence-corrected chi connectivity index (χ2v) is 5.24. The molecule has 19 heavy (non-hydrogen) atoms. The minimum absolute atomic E-state index is 0.262. The number of benzene rings is 1. The molecule has 0 saturated heterocycles. The quantitative estimate of drug-likeness (QED) is 0.892. The molecule has 3 N–H and O–H groups in total. The number of amides is 1. The Labute approximate surface area is 119 Å². The number of rotatable bonds is 2. The third-order valence-electron chi connectivity index (χ3n) is 2.90. The number of nitrogens with one attached hydrogen (secondary N) is 1. The second-order valence-electron chi connectivity index (χ2n) is 4.39. The molecule has 0 aliphatic carbocycles. The van der Waals surface area contributed by atoms with Crippen molar-refractivity contribution in [3.05, 3.63) is 39.6 Å². The van der Waals surface area contributed by atoms with Gasteiger partial charge in [-0.3, -0.25) is 9.48 Å². The van der Waals surface area contributed by atoms with Crippen molar-refractivity contribution in [2.75, 3.05) is 11.1 Å². The van der Waals surface area contributed by atoms with E-state index in [0.29, 0.717) is 17.1 Å². The van der Waals surface area contributed by atoms with Crippen LogP contribution in [0.5, 0.6) is 0 Å². The van der Waals surface area contributed by atoms with Crippen LogP contribution < -0.4 is 11.1 Å². The molecular weight excluding hydrogens is 308 g/mol. The van der Waals surface area contributed by atoms with Crippen LogP contribution in [0.4, 0.5) is 11.4 Å². The van der Waals surface area contributed by atoms with Crippen LogP contribution in [-0.4, -0.2) is 15.7 Å². The zero-order valence-electron chi connectivity index (χ0n) is 11.0. The van der Waals surface area contributed by atoms with Crippen LogP contribution in [0.2, 0.25) is 0 Å². The Morgan fingerprint density at radius 3 is 2.63 bits per heavy atom. The molecule has 2 rings (SSSR count). The van der Waals surface area contributed by atoms with Crippen LogP contribution in [0.25, 0.3) is 0 Å². The Hall–Kier alpha value is -1.82. The molecule has 1 aromatic carbocycles. The van der Waals surface area contributed by atoms with Gasteiger partial charge in [0.2, 0.25) is 0 Å². The van der Waals surface area contributed by atoms with Crippen LogP contribution in [0, 0.1) is 13.8 Å². The summed E-state index contributed by atoms with van der Waals surface area (Å²) in [6.45, 7) is 3.73. The number of nitrogens with two attached hydrogens (primary N) is 1. The van der Waals surface area contributed by atoms with Crippen LogP contribution in [0.15, 0.2) is 22.7 Å². The molecule has 2 aromatic rings. The monoisotopic (exact) mass is 322 g/mol. The minimum atomic E-state index is -0.262. The lowest BCUT2D eigenvalue weighted by atomic mass is 10.2. The number of hydrogen-bond acceptors (Lipinski definition) is 3. The highest BCUT2D eigenvalue weighted by molar-refractivity contribution is 9.10. The van der Waals surface area contributed by atoms with Crippen molar-refractivity contribution in [1.29, 1.82) is 0 Å². The Morgan fingerprint density at radius 1 is 1.42 bits per heavy atom. The molecular formula is C13H15BrN4O. The van der Waals surface area contributed by atoms with Gasteiger partial charge in [0.05, 0.1) is 11.4 Å². The molecule has 0 spiro atoms. The van der Waals surface area contributed by atoms with E-state index in [0.717, 1.165) is 15.7 Å². The van der Waals surface area contributed by atoms with Crippen molar-refractivity contribution in [3.63, 3.8) is 0 Å². The molecule has 0 saturated carbocycles. The zero-order chi connectivity index (χ0) is 14.2. The van der Waals surface area contributed by atoms with Gasteiger partial charge in [0.1, 0.15) is 5.69 Å². The Kier molecular flexibility index (Phi) is 3.61. The van der Waals surface area contributed by atoms with E-state index in [2.05, 4.69) is 26.3 Å². The van der Waals surface area contributed by atoms with Gasteiger partial charge in [-0.05, 0) is 37.6 Å². The second kappa shape index (κ2) is 5.05. The Balaban J connectivity index is 2.28. The fraction of sp³-hybridized carbons (Fsp3) is 0.231. The summed E-state index contributed by atoms with van der Waals surface area (Å²) in [7, 11) is 1.70. The number of nitrogens with zero attached hydrogens (tertiary/aromatic N) is 2. The smallest absolute Gasteiger partial charge is 0.276 e. The Morgan fingerprint density at radius 2 is 2.11 bits per heavy atom. The zero-order valence-corrected chi connectivity index (χ0v) is 12.6. The van der Waals surface area contributed by atoms with E-state index < -0.39 is 0 Å². The van der Waals surface area contributed by atoms with E-state index in [9.17, 15) is 4.79 Å². The number of hydrogen-bond donors (Lipinski definition) is 2. The highest BCUT2D eigenvalue weighted by atomic mass is 79.9. The number of halogens is 1. The van der Waals surface area contributed by atoms with Gasteiger partial charge >= 0.3 is 0 Å². The largest absolute Gasteiger partial charge is 0.395 e. The van der Waals surface area contributed by atoms with Crippen LogP contribution in [0.1, 0.15) is 21.7 Å². The first kappa shape index (κ1) is 13.6. The summed E-state index contributed by atoms with van der Waals surface area (Å²) < 4.78 is 2.49. The summed E-state index contributed by atoms with van der Waals surface area (Å²) in [6, 6.07) is 5.61. The minimum Gasteiger partial charge on any atom is -0.395 e. The molecule has 0 unspecified atom stereocenters. The van der Waals surface area contributed by atoms with E-state index in [1.54, 1.807) is 14.0 Å². The fourth-order valence-electron chi connectivity index (χ4n) is 1.86. The van der Waals surface area contributed by atoms with Crippen LogP contribution in [-0.2, 0) is 7.05 Å². The summed E-state index contributed by atoms with van der Waals surface area (Å²) in [4.78, 5) is 12.2. The van der Waals surface area contributed by atoms with Crippen molar-refractivity contribution in [2.24, 2.45) is 7.05 Å². The normalized spacial score (nSPS) is 10.5. The van der Waals surface area contributed by atoms with Crippen molar-refractivity contribution < 1.29 is 4.79 Å². The molecule has 0 aliphatic heterocycles. The lowest BCUT2D eigenvalue weighted by Crippen LogP contribution is -2.17. The number of aromatic nitrogens is 2. The number of carbonyl (C=O) groups is 1. The van der Waals surface area contributed by atoms with Crippen molar-refractivity contribution in [1.82, 2.24) is 9.78 Å². The average Bonchev–Trinajstić information content (AvgIpc) is 2.58. The average molecular weight is 323 g/mol. The van der Waals surface area contributed by atoms with E-state index in [4.69, 9.17) is 5.73 Å².